The Morgan fingerprint density at radius 3 is 2.46 bits per heavy atom. The van der Waals surface area contributed by atoms with Gasteiger partial charge >= 0.3 is 5.97 Å². The summed E-state index contributed by atoms with van der Waals surface area (Å²) >= 11 is 0. The highest BCUT2D eigenvalue weighted by Crippen LogP contribution is 2.67. The molecule has 1 aromatic rings. The predicted molar refractivity (Wildman–Crippen MR) is 95.0 cm³/mol. The number of ether oxygens (including phenoxy) is 1. The molecule has 4 bridgehead atoms. The monoisotopic (exact) mass is 324 g/mol. The van der Waals surface area contributed by atoms with Gasteiger partial charge in [-0.3, -0.25) is 4.79 Å². The van der Waals surface area contributed by atoms with Gasteiger partial charge in [0.2, 0.25) is 0 Å². The van der Waals surface area contributed by atoms with Gasteiger partial charge in [-0.15, -0.1) is 0 Å². The summed E-state index contributed by atoms with van der Waals surface area (Å²) in [5.74, 6) is 4.86. The van der Waals surface area contributed by atoms with E-state index in [1.807, 2.05) is 44.2 Å². The van der Waals surface area contributed by atoms with Gasteiger partial charge in [-0.2, -0.15) is 0 Å². The molecule has 0 amide bonds. The van der Waals surface area contributed by atoms with Crippen molar-refractivity contribution in [3.63, 3.8) is 0 Å². The maximum absolute atomic E-state index is 12.6. The molecule has 3 fully saturated rings. The van der Waals surface area contributed by atoms with Gasteiger partial charge in [0.15, 0.2) is 0 Å². The molecule has 4 aliphatic carbocycles. The molecule has 5 rings (SSSR count). The number of fused-ring (bicyclic) bond motifs is 9. The lowest BCUT2D eigenvalue weighted by atomic mass is 9.69. The van der Waals surface area contributed by atoms with Crippen molar-refractivity contribution in [1.82, 2.24) is 0 Å². The average Bonchev–Trinajstić information content (AvgIpc) is 3.40. The van der Waals surface area contributed by atoms with Crippen molar-refractivity contribution in [3.05, 3.63) is 48.0 Å². The highest BCUT2D eigenvalue weighted by Gasteiger charge is 2.62. The average molecular weight is 324 g/mol. The normalized spacial score (nSPS) is 40.2. The van der Waals surface area contributed by atoms with Crippen LogP contribution in [0.5, 0.6) is 0 Å². The third-order valence-corrected chi connectivity index (χ3v) is 6.80. The number of hydrogen-bond acceptors (Lipinski definition) is 2. The highest BCUT2D eigenvalue weighted by atomic mass is 16.5. The van der Waals surface area contributed by atoms with Gasteiger partial charge in [-0.1, -0.05) is 56.3 Å². The molecule has 3 saturated carbocycles. The van der Waals surface area contributed by atoms with Crippen LogP contribution in [0.1, 0.15) is 38.7 Å². The SMILES string of the molecule is CC.O=C(OCc1ccccc1)C1CC2CC1C1C3C=CC(C3)C21. The third-order valence-electron chi connectivity index (χ3n) is 6.80. The lowest BCUT2D eigenvalue weighted by molar-refractivity contribution is -0.153. The molecule has 128 valence electrons. The molecule has 0 spiro atoms. The first-order valence-electron chi connectivity index (χ1n) is 9.70. The first-order valence-corrected chi connectivity index (χ1v) is 9.70. The fourth-order valence-electron chi connectivity index (χ4n) is 6.12. The summed E-state index contributed by atoms with van der Waals surface area (Å²) in [4.78, 5) is 12.6. The number of carbonyl (C=O) groups is 1. The quantitative estimate of drug-likeness (QED) is 0.451. The zero-order valence-corrected chi connectivity index (χ0v) is 14.7. The Kier molecular flexibility index (Phi) is 4.24. The Labute approximate surface area is 145 Å². The minimum absolute atomic E-state index is 0.0570. The van der Waals surface area contributed by atoms with Gasteiger partial charge in [0.1, 0.15) is 6.61 Å². The van der Waals surface area contributed by atoms with Crippen molar-refractivity contribution in [2.45, 2.75) is 39.7 Å². The summed E-state index contributed by atoms with van der Waals surface area (Å²) in [6.07, 6.45) is 8.59. The largest absolute Gasteiger partial charge is 0.461 e. The standard InChI is InChI=1S/C20H22O2.C2H6/c21-20(22-11-12-4-2-1-3-5-12)17-10-15-9-16(17)19-14-7-6-13(8-14)18(15)19;1-2/h1-7,13-19H,8-11H2;1-2H3. The molecular formula is C22H28O2. The van der Waals surface area contributed by atoms with Gasteiger partial charge in [0.05, 0.1) is 5.92 Å². The molecule has 0 radical (unpaired) electrons. The van der Waals surface area contributed by atoms with Crippen LogP contribution < -0.4 is 0 Å². The Balaban J connectivity index is 0.000000704. The van der Waals surface area contributed by atoms with Crippen LogP contribution >= 0.6 is 0 Å². The van der Waals surface area contributed by atoms with Crippen molar-refractivity contribution < 1.29 is 9.53 Å². The van der Waals surface area contributed by atoms with E-state index in [9.17, 15) is 4.79 Å². The molecule has 0 aromatic heterocycles. The fraction of sp³-hybridized carbons (Fsp3) is 0.591. The van der Waals surface area contributed by atoms with E-state index >= 15 is 0 Å². The molecule has 2 nitrogen and oxygen atoms in total. The number of esters is 1. The summed E-state index contributed by atoms with van der Waals surface area (Å²) in [6, 6.07) is 10.0. The van der Waals surface area contributed by atoms with Crippen LogP contribution in [0.4, 0.5) is 0 Å². The molecule has 7 unspecified atom stereocenters. The van der Waals surface area contributed by atoms with E-state index < -0.39 is 0 Å². The van der Waals surface area contributed by atoms with Crippen molar-refractivity contribution in [3.8, 4) is 0 Å². The Morgan fingerprint density at radius 1 is 1.00 bits per heavy atom. The fourth-order valence-corrected chi connectivity index (χ4v) is 6.12. The number of benzene rings is 1. The minimum Gasteiger partial charge on any atom is -0.461 e. The molecule has 2 heteroatoms. The van der Waals surface area contributed by atoms with E-state index in [1.54, 1.807) is 0 Å². The number of allylic oxidation sites excluding steroid dienone is 2. The van der Waals surface area contributed by atoms with E-state index in [0.717, 1.165) is 41.6 Å². The molecule has 0 saturated heterocycles. The highest BCUT2D eigenvalue weighted by molar-refractivity contribution is 5.73. The van der Waals surface area contributed by atoms with Gasteiger partial charge < -0.3 is 4.74 Å². The maximum Gasteiger partial charge on any atom is 0.309 e. The lowest BCUT2D eigenvalue weighted by Crippen LogP contribution is -2.35. The molecule has 0 heterocycles. The molecule has 0 N–H and O–H groups in total. The first kappa shape index (κ1) is 15.9. The van der Waals surface area contributed by atoms with Crippen LogP contribution in [0.2, 0.25) is 0 Å². The summed E-state index contributed by atoms with van der Waals surface area (Å²) in [5, 5.41) is 0. The van der Waals surface area contributed by atoms with Crippen molar-refractivity contribution in [2.75, 3.05) is 0 Å². The smallest absolute Gasteiger partial charge is 0.309 e. The van der Waals surface area contributed by atoms with Gasteiger partial charge in [-0.05, 0) is 60.3 Å². The van der Waals surface area contributed by atoms with Gasteiger partial charge in [0.25, 0.3) is 0 Å². The third kappa shape index (κ3) is 2.42. The second-order valence-corrected chi connectivity index (χ2v) is 7.70. The molecule has 1 aromatic carbocycles. The Bertz CT molecular complexity index is 620. The minimum atomic E-state index is 0.0570. The van der Waals surface area contributed by atoms with Crippen LogP contribution in [0.15, 0.2) is 42.5 Å². The molecule has 0 aliphatic heterocycles. The zero-order valence-electron chi connectivity index (χ0n) is 14.7. The van der Waals surface area contributed by atoms with E-state index in [2.05, 4.69) is 12.2 Å². The van der Waals surface area contributed by atoms with Crippen LogP contribution in [-0.4, -0.2) is 5.97 Å². The Morgan fingerprint density at radius 2 is 1.71 bits per heavy atom. The summed E-state index contributed by atoms with van der Waals surface area (Å²) in [6.45, 7) is 4.42. The maximum atomic E-state index is 12.6. The van der Waals surface area contributed by atoms with E-state index in [4.69, 9.17) is 4.74 Å². The van der Waals surface area contributed by atoms with E-state index in [-0.39, 0.29) is 11.9 Å². The first-order chi connectivity index (χ1) is 11.8. The molecular weight excluding hydrogens is 296 g/mol. The van der Waals surface area contributed by atoms with Gasteiger partial charge in [-0.25, -0.2) is 0 Å². The summed E-state index contributed by atoms with van der Waals surface area (Å²) in [5.41, 5.74) is 1.08. The van der Waals surface area contributed by atoms with Crippen LogP contribution in [0.25, 0.3) is 0 Å². The van der Waals surface area contributed by atoms with E-state index in [1.165, 1.54) is 12.8 Å². The lowest BCUT2D eigenvalue weighted by Gasteiger charge is -2.35. The predicted octanol–water partition coefficient (Wildman–Crippen LogP) is 4.85. The second kappa shape index (κ2) is 6.38. The van der Waals surface area contributed by atoms with E-state index in [0.29, 0.717) is 12.5 Å². The summed E-state index contributed by atoms with van der Waals surface area (Å²) < 4.78 is 5.64. The Hall–Kier alpha value is -1.57. The van der Waals surface area contributed by atoms with Crippen LogP contribution in [0, 0.1) is 41.4 Å². The second-order valence-electron chi connectivity index (χ2n) is 7.70. The van der Waals surface area contributed by atoms with Gasteiger partial charge in [0, 0.05) is 0 Å². The summed E-state index contributed by atoms with van der Waals surface area (Å²) in [7, 11) is 0. The molecule has 7 atom stereocenters. The topological polar surface area (TPSA) is 26.3 Å². The van der Waals surface area contributed by atoms with Crippen LogP contribution in [0.3, 0.4) is 0 Å². The molecule has 4 aliphatic rings. The van der Waals surface area contributed by atoms with Crippen molar-refractivity contribution in [1.29, 1.82) is 0 Å². The van der Waals surface area contributed by atoms with Crippen molar-refractivity contribution in [2.24, 2.45) is 41.4 Å². The number of hydrogen-bond donors (Lipinski definition) is 0. The zero-order chi connectivity index (χ0) is 16.7. The van der Waals surface area contributed by atoms with Crippen LogP contribution in [-0.2, 0) is 16.1 Å². The molecule has 24 heavy (non-hydrogen) atoms. The number of rotatable bonds is 3. The number of carbonyl (C=O) groups excluding carboxylic acids is 1. The van der Waals surface area contributed by atoms with Crippen molar-refractivity contribution >= 4 is 5.97 Å².